The summed E-state index contributed by atoms with van der Waals surface area (Å²) in [6, 6.07) is 14.4. The summed E-state index contributed by atoms with van der Waals surface area (Å²) in [6.45, 7) is 22.4. The molecular formula is C37H58N4. The minimum Gasteiger partial charge on any atom is -0.369 e. The summed E-state index contributed by atoms with van der Waals surface area (Å²) < 4.78 is 0. The van der Waals surface area contributed by atoms with Gasteiger partial charge in [0, 0.05) is 76.3 Å². The number of hydrogen-bond acceptors (Lipinski definition) is 4. The molecule has 4 nitrogen and oxygen atoms in total. The lowest BCUT2D eigenvalue weighted by molar-refractivity contribution is 0.184. The summed E-state index contributed by atoms with van der Waals surface area (Å²) in [5, 5.41) is 0. The van der Waals surface area contributed by atoms with Gasteiger partial charge < -0.3 is 9.80 Å². The molecule has 4 heteroatoms. The molecule has 2 heterocycles. The lowest BCUT2D eigenvalue weighted by Gasteiger charge is -2.39. The number of anilines is 2. The maximum absolute atomic E-state index is 2.74. The summed E-state index contributed by atoms with van der Waals surface area (Å²) in [7, 11) is 0. The van der Waals surface area contributed by atoms with Crippen molar-refractivity contribution in [2.45, 2.75) is 92.0 Å². The van der Waals surface area contributed by atoms with Crippen LogP contribution in [-0.2, 0) is 0 Å². The Morgan fingerprint density at radius 3 is 2.02 bits per heavy atom. The minimum atomic E-state index is 0.866. The van der Waals surface area contributed by atoms with Gasteiger partial charge in [0.25, 0.3) is 0 Å². The fourth-order valence-corrected chi connectivity index (χ4v) is 7.88. The van der Waals surface area contributed by atoms with Crippen LogP contribution in [0.3, 0.4) is 0 Å². The van der Waals surface area contributed by atoms with E-state index in [1.165, 1.54) is 144 Å². The van der Waals surface area contributed by atoms with Crippen LogP contribution in [0.5, 0.6) is 0 Å². The maximum Gasteiger partial charge on any atom is 0.0399 e. The van der Waals surface area contributed by atoms with Crippen LogP contribution < -0.4 is 9.80 Å². The first-order chi connectivity index (χ1) is 19.9. The SMILES string of the molecule is Cc1ccc(C)c(N2CCN(C3CCC(C)C3)CC2)c1.Cc1cccc(N2CCN(CC3CCCCC3)CC2)c1C. The van der Waals surface area contributed by atoms with Gasteiger partial charge in [-0.3, -0.25) is 9.80 Å². The van der Waals surface area contributed by atoms with E-state index in [0.29, 0.717) is 0 Å². The molecule has 2 aliphatic heterocycles. The van der Waals surface area contributed by atoms with E-state index in [4.69, 9.17) is 0 Å². The van der Waals surface area contributed by atoms with Crippen molar-refractivity contribution in [3.63, 3.8) is 0 Å². The van der Waals surface area contributed by atoms with Gasteiger partial charge in [0.15, 0.2) is 0 Å². The van der Waals surface area contributed by atoms with Crippen molar-refractivity contribution in [2.75, 3.05) is 68.7 Å². The van der Waals surface area contributed by atoms with Crippen LogP contribution >= 0.6 is 0 Å². The normalized spacial score (nSPS) is 24.8. The Kier molecular flexibility index (Phi) is 10.7. The minimum absolute atomic E-state index is 0.866. The number of nitrogens with zero attached hydrogens (tertiary/aromatic N) is 4. The molecule has 4 aliphatic rings. The van der Waals surface area contributed by atoms with Crippen LogP contribution in [-0.4, -0.2) is 74.7 Å². The number of hydrogen-bond donors (Lipinski definition) is 0. The molecule has 2 aromatic carbocycles. The molecule has 2 aromatic rings. The Morgan fingerprint density at radius 2 is 1.34 bits per heavy atom. The smallest absolute Gasteiger partial charge is 0.0399 e. The number of benzene rings is 2. The number of piperazine rings is 2. The zero-order valence-corrected chi connectivity index (χ0v) is 27.0. The van der Waals surface area contributed by atoms with Crippen molar-refractivity contribution >= 4 is 11.4 Å². The second-order valence-corrected chi connectivity index (χ2v) is 13.9. The van der Waals surface area contributed by atoms with E-state index in [2.05, 4.69) is 90.6 Å². The average molecular weight is 559 g/mol. The Labute approximate surface area is 252 Å². The van der Waals surface area contributed by atoms with E-state index >= 15 is 0 Å². The fourth-order valence-electron chi connectivity index (χ4n) is 7.88. The molecule has 0 bridgehead atoms. The molecule has 226 valence electrons. The summed E-state index contributed by atoms with van der Waals surface area (Å²) >= 11 is 0. The van der Waals surface area contributed by atoms with Crippen molar-refractivity contribution in [3.05, 3.63) is 58.7 Å². The van der Waals surface area contributed by atoms with Gasteiger partial charge in [-0.1, -0.05) is 50.5 Å². The topological polar surface area (TPSA) is 13.0 Å². The lowest BCUT2D eigenvalue weighted by Crippen LogP contribution is -2.50. The van der Waals surface area contributed by atoms with Gasteiger partial charge in [0.1, 0.15) is 0 Å². The van der Waals surface area contributed by atoms with Gasteiger partial charge in [0.2, 0.25) is 0 Å². The molecule has 2 saturated heterocycles. The number of aryl methyl sites for hydroxylation is 3. The molecule has 0 radical (unpaired) electrons. The third kappa shape index (κ3) is 8.08. The first-order valence-corrected chi connectivity index (χ1v) is 17.0. The van der Waals surface area contributed by atoms with Crippen LogP contribution in [0.15, 0.2) is 36.4 Å². The molecule has 0 aromatic heterocycles. The highest BCUT2D eigenvalue weighted by Crippen LogP contribution is 2.31. The number of rotatable bonds is 5. The lowest BCUT2D eigenvalue weighted by atomic mass is 9.89. The Balaban J connectivity index is 0.000000165. The van der Waals surface area contributed by atoms with Gasteiger partial charge >= 0.3 is 0 Å². The van der Waals surface area contributed by atoms with E-state index < -0.39 is 0 Å². The predicted octanol–water partition coefficient (Wildman–Crippen LogP) is 7.62. The van der Waals surface area contributed by atoms with E-state index in [-0.39, 0.29) is 0 Å². The van der Waals surface area contributed by atoms with Crippen LogP contribution in [0.4, 0.5) is 11.4 Å². The third-order valence-corrected chi connectivity index (χ3v) is 10.7. The first-order valence-electron chi connectivity index (χ1n) is 17.0. The van der Waals surface area contributed by atoms with Gasteiger partial charge in [0.05, 0.1) is 0 Å². The van der Waals surface area contributed by atoms with Crippen molar-refractivity contribution in [3.8, 4) is 0 Å². The van der Waals surface area contributed by atoms with Gasteiger partial charge in [-0.05, 0) is 106 Å². The Morgan fingerprint density at radius 1 is 0.659 bits per heavy atom. The standard InChI is InChI=1S/C19H30N2.C18H28N2/c1-16-7-6-10-19(17(16)2)21-13-11-20(12-14-21)15-18-8-4-3-5-9-18;1-14-5-7-17(12-14)19-8-10-20(11-9-19)18-13-15(2)4-6-16(18)3/h6-7,10,18H,3-5,8-9,11-15H2,1-2H3;4,6,13-14,17H,5,7-12H2,1-3H3. The molecular weight excluding hydrogens is 500 g/mol. The highest BCUT2D eigenvalue weighted by Gasteiger charge is 2.29. The van der Waals surface area contributed by atoms with Crippen molar-refractivity contribution < 1.29 is 0 Å². The van der Waals surface area contributed by atoms with Crippen molar-refractivity contribution in [2.24, 2.45) is 11.8 Å². The zero-order chi connectivity index (χ0) is 28.8. The van der Waals surface area contributed by atoms with Crippen molar-refractivity contribution in [1.29, 1.82) is 0 Å². The Bertz CT molecular complexity index is 1090. The van der Waals surface area contributed by atoms with E-state index in [0.717, 1.165) is 17.9 Å². The molecule has 4 fully saturated rings. The highest BCUT2D eigenvalue weighted by atomic mass is 15.3. The molecule has 2 unspecified atom stereocenters. The molecule has 2 saturated carbocycles. The maximum atomic E-state index is 2.74. The molecule has 6 rings (SSSR count). The van der Waals surface area contributed by atoms with Crippen LogP contribution in [0.1, 0.15) is 80.5 Å². The van der Waals surface area contributed by atoms with E-state index in [9.17, 15) is 0 Å². The highest BCUT2D eigenvalue weighted by molar-refractivity contribution is 5.56. The third-order valence-electron chi connectivity index (χ3n) is 10.7. The van der Waals surface area contributed by atoms with E-state index in [1.54, 1.807) is 0 Å². The van der Waals surface area contributed by atoms with Gasteiger partial charge in [-0.25, -0.2) is 0 Å². The van der Waals surface area contributed by atoms with Crippen LogP contribution in [0.2, 0.25) is 0 Å². The summed E-state index contributed by atoms with van der Waals surface area (Å²) in [5.41, 5.74) is 8.56. The van der Waals surface area contributed by atoms with Gasteiger partial charge in [-0.2, -0.15) is 0 Å². The first kappa shape index (κ1) is 30.4. The second-order valence-electron chi connectivity index (χ2n) is 13.9. The summed E-state index contributed by atoms with van der Waals surface area (Å²) in [4.78, 5) is 10.6. The molecule has 0 amide bonds. The largest absolute Gasteiger partial charge is 0.369 e. The zero-order valence-electron chi connectivity index (χ0n) is 27.0. The summed E-state index contributed by atoms with van der Waals surface area (Å²) in [5.74, 6) is 1.92. The monoisotopic (exact) mass is 558 g/mol. The second kappa shape index (κ2) is 14.4. The molecule has 41 heavy (non-hydrogen) atoms. The van der Waals surface area contributed by atoms with E-state index in [1.807, 2.05) is 0 Å². The Hall–Kier alpha value is -2.04. The predicted molar refractivity (Wildman–Crippen MR) is 178 cm³/mol. The molecule has 2 aliphatic carbocycles. The quantitative estimate of drug-likeness (QED) is 0.374. The average Bonchev–Trinajstić information content (AvgIpc) is 3.43. The van der Waals surface area contributed by atoms with Gasteiger partial charge in [-0.15, -0.1) is 0 Å². The molecule has 0 N–H and O–H groups in total. The fraction of sp³-hybridized carbons (Fsp3) is 0.676. The molecule has 0 spiro atoms. The molecule has 2 atom stereocenters. The van der Waals surface area contributed by atoms with Crippen molar-refractivity contribution in [1.82, 2.24) is 9.80 Å². The summed E-state index contributed by atoms with van der Waals surface area (Å²) in [6.07, 6.45) is 11.6. The van der Waals surface area contributed by atoms with Crippen LogP contribution in [0.25, 0.3) is 0 Å². The van der Waals surface area contributed by atoms with Crippen LogP contribution in [0, 0.1) is 39.5 Å².